The zero-order valence-electron chi connectivity index (χ0n) is 13.0. The average molecular weight is 337 g/mol. The number of hydrogen-bond acceptors (Lipinski definition) is 5. The van der Waals surface area contributed by atoms with Crippen LogP contribution in [0.2, 0.25) is 0 Å². The molecule has 24 heavy (non-hydrogen) atoms. The van der Waals surface area contributed by atoms with Gasteiger partial charge in [-0.15, -0.1) is 0 Å². The lowest BCUT2D eigenvalue weighted by Gasteiger charge is -2.28. The number of halogens is 2. The average Bonchev–Trinajstić information content (AvgIpc) is 2.96. The van der Waals surface area contributed by atoms with Gasteiger partial charge < -0.3 is 10.4 Å². The van der Waals surface area contributed by atoms with Gasteiger partial charge in [0.2, 0.25) is 11.9 Å². The van der Waals surface area contributed by atoms with Gasteiger partial charge in [-0.25, -0.2) is 23.2 Å². The molecule has 0 aliphatic heterocycles. The Hall–Kier alpha value is -2.58. The van der Waals surface area contributed by atoms with Crippen LogP contribution in [0.15, 0.2) is 18.3 Å². The van der Waals surface area contributed by atoms with Gasteiger partial charge in [0, 0.05) is 31.1 Å². The third kappa shape index (κ3) is 3.66. The zero-order chi connectivity index (χ0) is 17.3. The van der Waals surface area contributed by atoms with Crippen LogP contribution in [0.3, 0.4) is 0 Å². The molecule has 2 heterocycles. The molecule has 1 fully saturated rings. The molecule has 9 heteroatoms. The van der Waals surface area contributed by atoms with Crippen molar-refractivity contribution in [3.63, 3.8) is 0 Å². The van der Waals surface area contributed by atoms with Gasteiger partial charge in [-0.1, -0.05) is 0 Å². The molecule has 2 aromatic rings. The van der Waals surface area contributed by atoms with Crippen LogP contribution in [0.25, 0.3) is 5.82 Å². The fourth-order valence-corrected chi connectivity index (χ4v) is 2.64. The molecule has 2 N–H and O–H groups in total. The molecule has 7 nitrogen and oxygen atoms in total. The second kappa shape index (κ2) is 6.14. The van der Waals surface area contributed by atoms with Crippen molar-refractivity contribution in [1.82, 2.24) is 19.7 Å². The second-order valence-corrected chi connectivity index (χ2v) is 5.92. The minimum absolute atomic E-state index is 0.105. The van der Waals surface area contributed by atoms with Crippen molar-refractivity contribution in [3.05, 3.63) is 29.7 Å². The van der Waals surface area contributed by atoms with Gasteiger partial charge in [-0.3, -0.25) is 0 Å². The molecule has 0 saturated heterocycles. The molecule has 1 aliphatic rings. The first-order valence-corrected chi connectivity index (χ1v) is 7.62. The standard InChI is InChI=1S/C15H17F2N5O2/c1-9-4-7-22(21-9)12-8-11(13(23)24)19-14(20-12)18-10-2-5-15(16,17)6-3-10/h4,7-8,10H,2-3,5-6H2,1H3,(H,23,24)(H,18,19,20). The Morgan fingerprint density at radius 2 is 2.08 bits per heavy atom. The molecule has 0 aromatic carbocycles. The van der Waals surface area contributed by atoms with E-state index in [4.69, 9.17) is 0 Å². The molecule has 0 spiro atoms. The Balaban J connectivity index is 1.84. The van der Waals surface area contributed by atoms with E-state index in [9.17, 15) is 18.7 Å². The summed E-state index contributed by atoms with van der Waals surface area (Å²) in [7, 11) is 0. The van der Waals surface area contributed by atoms with Crippen LogP contribution in [-0.2, 0) is 0 Å². The quantitative estimate of drug-likeness (QED) is 0.891. The van der Waals surface area contributed by atoms with Crippen LogP contribution in [0.5, 0.6) is 0 Å². The highest BCUT2D eigenvalue weighted by Crippen LogP contribution is 2.33. The summed E-state index contributed by atoms with van der Waals surface area (Å²) < 4.78 is 27.9. The van der Waals surface area contributed by atoms with E-state index < -0.39 is 11.9 Å². The van der Waals surface area contributed by atoms with E-state index in [1.807, 2.05) is 0 Å². The molecule has 0 radical (unpaired) electrons. The first-order chi connectivity index (χ1) is 11.3. The summed E-state index contributed by atoms with van der Waals surface area (Å²) in [5.41, 5.74) is 0.575. The van der Waals surface area contributed by atoms with Crippen molar-refractivity contribution in [2.24, 2.45) is 0 Å². The molecule has 1 saturated carbocycles. The van der Waals surface area contributed by atoms with Gasteiger partial charge in [0.25, 0.3) is 0 Å². The van der Waals surface area contributed by atoms with Crippen molar-refractivity contribution in [3.8, 4) is 5.82 Å². The number of rotatable bonds is 4. The second-order valence-electron chi connectivity index (χ2n) is 5.92. The minimum Gasteiger partial charge on any atom is -0.477 e. The van der Waals surface area contributed by atoms with Crippen LogP contribution in [0, 0.1) is 6.92 Å². The van der Waals surface area contributed by atoms with Crippen molar-refractivity contribution < 1.29 is 18.7 Å². The topological polar surface area (TPSA) is 92.9 Å². The monoisotopic (exact) mass is 337 g/mol. The molecule has 0 bridgehead atoms. The van der Waals surface area contributed by atoms with Gasteiger partial charge in [-0.2, -0.15) is 10.1 Å². The van der Waals surface area contributed by atoms with Crippen LogP contribution in [0.4, 0.5) is 14.7 Å². The van der Waals surface area contributed by atoms with E-state index in [1.54, 1.807) is 19.2 Å². The van der Waals surface area contributed by atoms with Crippen molar-refractivity contribution in [2.45, 2.75) is 44.6 Å². The molecule has 2 aromatic heterocycles. The summed E-state index contributed by atoms with van der Waals surface area (Å²) >= 11 is 0. The predicted molar refractivity (Wildman–Crippen MR) is 81.7 cm³/mol. The maximum atomic E-state index is 13.2. The first kappa shape index (κ1) is 16.3. The largest absolute Gasteiger partial charge is 0.477 e. The Labute approximate surface area is 136 Å². The predicted octanol–water partition coefficient (Wildman–Crippen LogP) is 2.66. The molecular formula is C15H17F2N5O2. The van der Waals surface area contributed by atoms with Crippen molar-refractivity contribution >= 4 is 11.9 Å². The lowest BCUT2D eigenvalue weighted by Crippen LogP contribution is -2.32. The number of hydrogen-bond donors (Lipinski definition) is 2. The number of alkyl halides is 2. The number of nitrogens with one attached hydrogen (secondary N) is 1. The number of anilines is 1. The fraction of sp³-hybridized carbons (Fsp3) is 0.467. The highest BCUT2D eigenvalue weighted by atomic mass is 19.3. The Kier molecular flexibility index (Phi) is 4.16. The molecule has 0 amide bonds. The number of aryl methyl sites for hydroxylation is 1. The van der Waals surface area contributed by atoms with Gasteiger partial charge >= 0.3 is 5.97 Å². The van der Waals surface area contributed by atoms with E-state index in [2.05, 4.69) is 20.4 Å². The Bertz CT molecular complexity index is 752. The number of carboxylic acid groups (broad SMARTS) is 1. The van der Waals surface area contributed by atoms with Gasteiger partial charge in [0.1, 0.15) is 0 Å². The van der Waals surface area contributed by atoms with Crippen molar-refractivity contribution in [2.75, 3.05) is 5.32 Å². The number of nitrogens with zero attached hydrogens (tertiary/aromatic N) is 4. The molecule has 0 atom stereocenters. The summed E-state index contributed by atoms with van der Waals surface area (Å²) in [5, 5.41) is 16.4. The summed E-state index contributed by atoms with van der Waals surface area (Å²) in [5.74, 6) is -3.41. The minimum atomic E-state index is -2.63. The summed E-state index contributed by atoms with van der Waals surface area (Å²) in [6.45, 7) is 1.80. The van der Waals surface area contributed by atoms with Crippen molar-refractivity contribution in [1.29, 1.82) is 0 Å². The third-order valence-corrected chi connectivity index (χ3v) is 3.94. The number of carbonyl (C=O) groups is 1. The zero-order valence-corrected chi connectivity index (χ0v) is 13.0. The maximum absolute atomic E-state index is 13.2. The van der Waals surface area contributed by atoms with E-state index in [0.29, 0.717) is 5.82 Å². The molecule has 0 unspecified atom stereocenters. The third-order valence-electron chi connectivity index (χ3n) is 3.94. The smallest absolute Gasteiger partial charge is 0.354 e. The van der Waals surface area contributed by atoms with Crippen LogP contribution >= 0.6 is 0 Å². The van der Waals surface area contributed by atoms with Gasteiger partial charge in [0.15, 0.2) is 11.5 Å². The molecule has 3 rings (SSSR count). The van der Waals surface area contributed by atoms with E-state index in [-0.39, 0.29) is 43.4 Å². The van der Waals surface area contributed by atoms with E-state index >= 15 is 0 Å². The van der Waals surface area contributed by atoms with Gasteiger partial charge in [0.05, 0.1) is 5.69 Å². The van der Waals surface area contributed by atoms with Gasteiger partial charge in [-0.05, 0) is 25.8 Å². The van der Waals surface area contributed by atoms with E-state index in [1.165, 1.54) is 10.7 Å². The molecule has 1 aliphatic carbocycles. The molecule has 128 valence electrons. The lowest BCUT2D eigenvalue weighted by molar-refractivity contribution is -0.0361. The van der Waals surface area contributed by atoms with E-state index in [0.717, 1.165) is 5.69 Å². The van der Waals surface area contributed by atoms with Crippen LogP contribution in [0.1, 0.15) is 41.9 Å². The normalized spacial score (nSPS) is 17.6. The maximum Gasteiger partial charge on any atom is 0.354 e. The Morgan fingerprint density at radius 3 is 2.67 bits per heavy atom. The molecular weight excluding hydrogens is 320 g/mol. The summed E-state index contributed by atoms with van der Waals surface area (Å²) in [6.07, 6.45) is 1.82. The van der Waals surface area contributed by atoms with Crippen LogP contribution < -0.4 is 5.32 Å². The van der Waals surface area contributed by atoms with Crippen LogP contribution in [-0.4, -0.2) is 42.8 Å². The first-order valence-electron chi connectivity index (χ1n) is 7.62. The number of aromatic carboxylic acids is 1. The fourth-order valence-electron chi connectivity index (χ4n) is 2.64. The highest BCUT2D eigenvalue weighted by Gasteiger charge is 2.35. The SMILES string of the molecule is Cc1ccn(-c2cc(C(=O)O)nc(NC3CCC(F)(F)CC3)n2)n1. The Morgan fingerprint density at radius 1 is 1.38 bits per heavy atom. The lowest BCUT2D eigenvalue weighted by atomic mass is 9.92. The summed E-state index contributed by atoms with van der Waals surface area (Å²) in [4.78, 5) is 19.5. The summed E-state index contributed by atoms with van der Waals surface area (Å²) in [6, 6.07) is 2.87. The number of aromatic nitrogens is 4. The highest BCUT2D eigenvalue weighted by molar-refractivity contribution is 5.86. The number of carboxylic acids is 1.